The van der Waals surface area contributed by atoms with Gasteiger partial charge in [0.2, 0.25) is 0 Å². The van der Waals surface area contributed by atoms with Gasteiger partial charge >= 0.3 is 0 Å². The predicted octanol–water partition coefficient (Wildman–Crippen LogP) is 3.25. The second-order valence-corrected chi connectivity index (χ2v) is 5.97. The van der Waals surface area contributed by atoms with Gasteiger partial charge in [-0.3, -0.25) is 4.98 Å². The highest BCUT2D eigenvalue weighted by Gasteiger charge is 2.02. The van der Waals surface area contributed by atoms with E-state index in [0.717, 1.165) is 16.9 Å². The standard InChI is InChI=1S/C22H20N4O3/c23-14-17-3-7-20(8-4-17)27-12-13-29-26-22(24)19-5-9-21(10-6-19)28-16-18-2-1-11-25-15-18/h1-11,15H,12-13,16H2,(H2,24,26). The molecule has 0 radical (unpaired) electrons. The molecule has 0 fully saturated rings. The van der Waals surface area contributed by atoms with E-state index in [1.54, 1.807) is 36.7 Å². The average molecular weight is 388 g/mol. The molecule has 0 unspecified atom stereocenters. The smallest absolute Gasteiger partial charge is 0.170 e. The number of amidine groups is 1. The molecule has 0 aliphatic rings. The molecule has 3 aromatic rings. The highest BCUT2D eigenvalue weighted by molar-refractivity contribution is 5.97. The first-order chi connectivity index (χ1) is 14.2. The zero-order chi connectivity index (χ0) is 20.3. The number of rotatable bonds is 9. The van der Waals surface area contributed by atoms with Crippen LogP contribution in [0.2, 0.25) is 0 Å². The molecular weight excluding hydrogens is 368 g/mol. The molecule has 29 heavy (non-hydrogen) atoms. The summed E-state index contributed by atoms with van der Waals surface area (Å²) in [7, 11) is 0. The Labute approximate surface area is 169 Å². The maximum absolute atomic E-state index is 8.76. The SMILES string of the molecule is N#Cc1ccc(OCCON=C(N)c2ccc(OCc3cccnc3)cc2)cc1. The van der Waals surface area contributed by atoms with Crippen LogP contribution in [0.15, 0.2) is 78.2 Å². The number of benzene rings is 2. The second kappa shape index (κ2) is 10.3. The average Bonchev–Trinajstić information content (AvgIpc) is 2.79. The van der Waals surface area contributed by atoms with Crippen LogP contribution in [0.1, 0.15) is 16.7 Å². The molecule has 0 aliphatic heterocycles. The molecule has 3 rings (SSSR count). The van der Waals surface area contributed by atoms with Gasteiger partial charge in [0.1, 0.15) is 24.7 Å². The molecule has 7 heteroatoms. The first-order valence-corrected chi connectivity index (χ1v) is 8.95. The summed E-state index contributed by atoms with van der Waals surface area (Å²) in [6.07, 6.45) is 3.49. The summed E-state index contributed by atoms with van der Waals surface area (Å²) in [4.78, 5) is 9.25. The van der Waals surface area contributed by atoms with Crippen LogP contribution in [0, 0.1) is 11.3 Å². The minimum atomic E-state index is 0.243. The molecule has 1 heterocycles. The van der Waals surface area contributed by atoms with Crippen LogP contribution in [0.25, 0.3) is 0 Å². The van der Waals surface area contributed by atoms with Crippen molar-refractivity contribution in [2.24, 2.45) is 10.9 Å². The lowest BCUT2D eigenvalue weighted by atomic mass is 10.2. The fourth-order valence-electron chi connectivity index (χ4n) is 2.36. The number of hydrogen-bond donors (Lipinski definition) is 1. The van der Waals surface area contributed by atoms with E-state index >= 15 is 0 Å². The second-order valence-electron chi connectivity index (χ2n) is 5.97. The van der Waals surface area contributed by atoms with Crippen molar-refractivity contribution in [3.8, 4) is 17.6 Å². The molecular formula is C22H20N4O3. The highest BCUT2D eigenvalue weighted by Crippen LogP contribution is 2.14. The van der Waals surface area contributed by atoms with Gasteiger partial charge in [0.05, 0.1) is 11.6 Å². The maximum Gasteiger partial charge on any atom is 0.170 e. The summed E-state index contributed by atoms with van der Waals surface area (Å²) >= 11 is 0. The van der Waals surface area contributed by atoms with Gasteiger partial charge in [-0.1, -0.05) is 11.2 Å². The molecule has 0 saturated heterocycles. The van der Waals surface area contributed by atoms with Crippen LogP contribution in [-0.4, -0.2) is 24.0 Å². The monoisotopic (exact) mass is 388 g/mol. The molecule has 0 atom stereocenters. The van der Waals surface area contributed by atoms with E-state index in [9.17, 15) is 0 Å². The van der Waals surface area contributed by atoms with Crippen molar-refractivity contribution in [3.63, 3.8) is 0 Å². The molecule has 0 bridgehead atoms. The summed E-state index contributed by atoms with van der Waals surface area (Å²) in [6.45, 7) is 0.996. The first kappa shape index (κ1) is 19.7. The molecule has 0 saturated carbocycles. The topological polar surface area (TPSA) is 103 Å². The summed E-state index contributed by atoms with van der Waals surface area (Å²) < 4.78 is 11.2. The summed E-state index contributed by atoms with van der Waals surface area (Å²) in [6, 6.07) is 20.0. The van der Waals surface area contributed by atoms with Gasteiger partial charge in [-0.2, -0.15) is 5.26 Å². The van der Waals surface area contributed by atoms with Crippen LogP contribution in [0.5, 0.6) is 11.5 Å². The van der Waals surface area contributed by atoms with Gasteiger partial charge in [-0.05, 0) is 54.6 Å². The minimum absolute atomic E-state index is 0.243. The lowest BCUT2D eigenvalue weighted by Gasteiger charge is -2.07. The third-order valence-corrected chi connectivity index (χ3v) is 3.87. The van der Waals surface area contributed by atoms with Crippen molar-refractivity contribution in [3.05, 3.63) is 89.7 Å². The molecule has 1 aromatic heterocycles. The van der Waals surface area contributed by atoms with Crippen molar-refractivity contribution in [2.45, 2.75) is 6.61 Å². The normalized spacial score (nSPS) is 10.8. The number of pyridine rings is 1. The Bertz CT molecular complexity index is 966. The quantitative estimate of drug-likeness (QED) is 0.261. The third-order valence-electron chi connectivity index (χ3n) is 3.87. The van der Waals surface area contributed by atoms with E-state index in [0.29, 0.717) is 24.5 Å². The Hall–Kier alpha value is -4.05. The lowest BCUT2D eigenvalue weighted by Crippen LogP contribution is -2.15. The number of ether oxygens (including phenoxy) is 2. The van der Waals surface area contributed by atoms with Crippen molar-refractivity contribution in [2.75, 3.05) is 13.2 Å². The van der Waals surface area contributed by atoms with Gasteiger partial charge in [0.15, 0.2) is 12.4 Å². The molecule has 0 spiro atoms. The predicted molar refractivity (Wildman–Crippen MR) is 108 cm³/mol. The van der Waals surface area contributed by atoms with Gasteiger partial charge in [0.25, 0.3) is 0 Å². The maximum atomic E-state index is 8.76. The van der Waals surface area contributed by atoms with Crippen LogP contribution in [0.3, 0.4) is 0 Å². The largest absolute Gasteiger partial charge is 0.490 e. The summed E-state index contributed by atoms with van der Waals surface area (Å²) in [5, 5.41) is 12.7. The number of aromatic nitrogens is 1. The zero-order valence-electron chi connectivity index (χ0n) is 15.7. The zero-order valence-corrected chi connectivity index (χ0v) is 15.7. The third kappa shape index (κ3) is 6.26. The van der Waals surface area contributed by atoms with Crippen molar-refractivity contribution in [1.82, 2.24) is 4.98 Å². The Morgan fingerprint density at radius 2 is 1.69 bits per heavy atom. The van der Waals surface area contributed by atoms with Gasteiger partial charge in [0, 0.05) is 23.5 Å². The van der Waals surface area contributed by atoms with Gasteiger partial charge < -0.3 is 20.0 Å². The number of nitriles is 1. The molecule has 2 N–H and O–H groups in total. The van der Waals surface area contributed by atoms with Gasteiger partial charge in [-0.15, -0.1) is 0 Å². The van der Waals surface area contributed by atoms with Crippen LogP contribution in [-0.2, 0) is 11.4 Å². The number of nitrogens with zero attached hydrogens (tertiary/aromatic N) is 3. The van der Waals surface area contributed by atoms with E-state index in [2.05, 4.69) is 16.2 Å². The van der Waals surface area contributed by atoms with E-state index < -0.39 is 0 Å². The fraction of sp³-hybridized carbons (Fsp3) is 0.136. The number of nitrogens with two attached hydrogens (primary N) is 1. The molecule has 0 amide bonds. The van der Waals surface area contributed by atoms with Crippen LogP contribution < -0.4 is 15.2 Å². The van der Waals surface area contributed by atoms with Gasteiger partial charge in [-0.25, -0.2) is 0 Å². The van der Waals surface area contributed by atoms with Crippen LogP contribution >= 0.6 is 0 Å². The van der Waals surface area contributed by atoms with E-state index in [4.69, 9.17) is 25.3 Å². The van der Waals surface area contributed by atoms with E-state index in [1.165, 1.54) is 0 Å². The molecule has 0 aliphatic carbocycles. The summed E-state index contributed by atoms with van der Waals surface area (Å²) in [5.41, 5.74) is 8.25. The van der Waals surface area contributed by atoms with E-state index in [-0.39, 0.29) is 12.4 Å². The molecule has 7 nitrogen and oxygen atoms in total. The lowest BCUT2D eigenvalue weighted by molar-refractivity contribution is 0.107. The van der Waals surface area contributed by atoms with Crippen molar-refractivity contribution >= 4 is 5.84 Å². The number of oxime groups is 1. The highest BCUT2D eigenvalue weighted by atomic mass is 16.6. The fourth-order valence-corrected chi connectivity index (χ4v) is 2.36. The minimum Gasteiger partial charge on any atom is -0.490 e. The summed E-state index contributed by atoms with van der Waals surface area (Å²) in [5.74, 6) is 1.65. The number of hydrogen-bond acceptors (Lipinski definition) is 6. The Morgan fingerprint density at radius 3 is 2.38 bits per heavy atom. The Kier molecular flexibility index (Phi) is 7.02. The van der Waals surface area contributed by atoms with Crippen LogP contribution in [0.4, 0.5) is 0 Å². The Balaban J connectivity index is 1.41. The first-order valence-electron chi connectivity index (χ1n) is 8.95. The van der Waals surface area contributed by atoms with Crippen molar-refractivity contribution < 1.29 is 14.3 Å². The van der Waals surface area contributed by atoms with E-state index in [1.807, 2.05) is 36.4 Å². The van der Waals surface area contributed by atoms with Crippen molar-refractivity contribution in [1.29, 1.82) is 5.26 Å². The molecule has 146 valence electrons. The molecule has 2 aromatic carbocycles. The Morgan fingerprint density at radius 1 is 0.966 bits per heavy atom.